The van der Waals surface area contributed by atoms with Crippen molar-refractivity contribution in [3.63, 3.8) is 0 Å². The fourth-order valence-electron chi connectivity index (χ4n) is 9.08. The summed E-state index contributed by atoms with van der Waals surface area (Å²) >= 11 is 0. The molecule has 6 nitrogen and oxygen atoms in total. The highest BCUT2D eigenvalue weighted by atomic mass is 15.1. The topological polar surface area (TPSA) is 26.4 Å². The molecule has 0 saturated heterocycles. The number of benzene rings is 1. The molecule has 0 atom stereocenters. The molecule has 336 valence electrons. The maximum atomic E-state index is 2.45. The molecule has 4 aromatic rings. The van der Waals surface area contributed by atoms with Gasteiger partial charge in [0.25, 0.3) is 0 Å². The van der Waals surface area contributed by atoms with Gasteiger partial charge >= 0.3 is 0 Å². The lowest BCUT2D eigenvalue weighted by molar-refractivity contribution is -0.689. The Balaban J connectivity index is 1.27. The molecule has 0 aliphatic heterocycles. The van der Waals surface area contributed by atoms with Gasteiger partial charge < -0.3 is 0 Å². The van der Waals surface area contributed by atoms with Crippen LogP contribution in [0.4, 0.5) is 0 Å². The zero-order chi connectivity index (χ0) is 42.1. The van der Waals surface area contributed by atoms with Crippen LogP contribution in [0.15, 0.2) is 74.4 Å². The summed E-state index contributed by atoms with van der Waals surface area (Å²) in [5, 5.41) is 0. The summed E-state index contributed by atoms with van der Waals surface area (Å²) in [6.45, 7) is 13.0. The third-order valence-electron chi connectivity index (χ3n) is 12.8. The molecule has 0 unspecified atom stereocenters. The number of rotatable bonds is 39. The zero-order valence-electron chi connectivity index (χ0n) is 39.6. The Bertz CT molecular complexity index is 1400. The van der Waals surface area contributed by atoms with Crippen LogP contribution >= 0.6 is 0 Å². The number of hydrogen-bond acceptors (Lipinski definition) is 0. The lowest BCUT2D eigenvalue weighted by Crippen LogP contribution is -2.34. The fraction of sp³-hybridized carbons (Fsp3) is 0.722. The van der Waals surface area contributed by atoms with E-state index < -0.39 is 0 Å². The zero-order valence-corrected chi connectivity index (χ0v) is 39.6. The van der Waals surface area contributed by atoms with Crippen LogP contribution in [-0.4, -0.2) is 13.7 Å². The summed E-state index contributed by atoms with van der Waals surface area (Å²) in [6, 6.07) is 7.34. The SMILES string of the molecule is CCCCCCCCCCCCn1cc[n+](Cc2cc(C[n+]3ccn(CCCCCCCCCCCC)c3)cc(C[n+]3ccn(CCCCCCCCCCCC)c3)c2)c1. The number of imidazole rings is 3. The molecule has 4 rings (SSSR count). The molecular formula is C54H93N6+3. The maximum absolute atomic E-state index is 2.45. The first kappa shape index (κ1) is 49.5. The van der Waals surface area contributed by atoms with Crippen molar-refractivity contribution in [3.8, 4) is 0 Å². The summed E-state index contributed by atoms with van der Waals surface area (Å²) in [4.78, 5) is 0. The van der Waals surface area contributed by atoms with E-state index in [1.54, 1.807) is 0 Å². The maximum Gasteiger partial charge on any atom is 0.244 e. The number of hydrogen-bond donors (Lipinski definition) is 0. The highest BCUT2D eigenvalue weighted by Gasteiger charge is 2.13. The molecule has 6 heteroatoms. The smallest absolute Gasteiger partial charge is 0.237 e. The van der Waals surface area contributed by atoms with Crippen molar-refractivity contribution in [2.75, 3.05) is 0 Å². The van der Waals surface area contributed by atoms with Gasteiger partial charge in [0.05, 0.1) is 19.6 Å². The van der Waals surface area contributed by atoms with Gasteiger partial charge in [0, 0.05) is 0 Å². The molecule has 3 aromatic heterocycles. The fourth-order valence-corrected chi connectivity index (χ4v) is 9.08. The normalized spacial score (nSPS) is 11.7. The second-order valence-electron chi connectivity index (χ2n) is 18.7. The van der Waals surface area contributed by atoms with Crippen LogP contribution in [0.3, 0.4) is 0 Å². The molecule has 0 bridgehead atoms. The van der Waals surface area contributed by atoms with Crippen LogP contribution in [0.25, 0.3) is 0 Å². The van der Waals surface area contributed by atoms with E-state index in [0.29, 0.717) is 0 Å². The Hall–Kier alpha value is -3.15. The third-order valence-corrected chi connectivity index (χ3v) is 12.8. The van der Waals surface area contributed by atoms with Crippen molar-refractivity contribution >= 4 is 0 Å². The van der Waals surface area contributed by atoms with E-state index >= 15 is 0 Å². The van der Waals surface area contributed by atoms with Gasteiger partial charge in [-0.15, -0.1) is 0 Å². The molecule has 0 radical (unpaired) electrons. The monoisotopic (exact) mass is 826 g/mol. The van der Waals surface area contributed by atoms with Gasteiger partial charge in [-0.3, -0.25) is 0 Å². The lowest BCUT2D eigenvalue weighted by atomic mass is 10.0. The molecule has 0 N–H and O–H groups in total. The highest BCUT2D eigenvalue weighted by molar-refractivity contribution is 5.29. The predicted octanol–water partition coefficient (Wildman–Crippen LogP) is 13.9. The Kier molecular flexibility index (Phi) is 26.9. The first-order valence-electron chi connectivity index (χ1n) is 25.9. The van der Waals surface area contributed by atoms with E-state index in [2.05, 4.69) is 123 Å². The molecule has 0 amide bonds. The molecule has 0 aliphatic rings. The Morgan fingerprint density at radius 1 is 0.300 bits per heavy atom. The Labute approximate surface area is 369 Å². The minimum absolute atomic E-state index is 0.903. The van der Waals surface area contributed by atoms with Crippen molar-refractivity contribution in [3.05, 3.63) is 91.1 Å². The first-order chi connectivity index (χ1) is 29.6. The van der Waals surface area contributed by atoms with Crippen LogP contribution in [-0.2, 0) is 39.3 Å². The lowest BCUT2D eigenvalue weighted by Gasteiger charge is -2.07. The number of nitrogens with zero attached hydrogens (tertiary/aromatic N) is 6. The van der Waals surface area contributed by atoms with Crippen molar-refractivity contribution in [1.82, 2.24) is 13.7 Å². The second kappa shape index (κ2) is 32.5. The molecule has 0 spiro atoms. The van der Waals surface area contributed by atoms with Gasteiger partial charge in [0.15, 0.2) is 0 Å². The van der Waals surface area contributed by atoms with E-state index in [1.165, 1.54) is 209 Å². The van der Waals surface area contributed by atoms with Crippen molar-refractivity contribution in [1.29, 1.82) is 0 Å². The predicted molar refractivity (Wildman–Crippen MR) is 253 cm³/mol. The quantitative estimate of drug-likeness (QED) is 0.0317. The molecule has 60 heavy (non-hydrogen) atoms. The second-order valence-corrected chi connectivity index (χ2v) is 18.7. The Morgan fingerprint density at radius 3 is 0.750 bits per heavy atom. The van der Waals surface area contributed by atoms with Crippen LogP contribution < -0.4 is 13.7 Å². The number of aromatic nitrogens is 6. The average Bonchev–Trinajstić information content (AvgIpc) is 4.02. The van der Waals surface area contributed by atoms with E-state index in [-0.39, 0.29) is 0 Å². The number of aryl methyl sites for hydroxylation is 3. The molecule has 3 heterocycles. The van der Waals surface area contributed by atoms with Crippen molar-refractivity contribution < 1.29 is 13.7 Å². The summed E-state index contributed by atoms with van der Waals surface area (Å²) in [5.41, 5.74) is 4.17. The van der Waals surface area contributed by atoms with Crippen molar-refractivity contribution in [2.45, 2.75) is 253 Å². The van der Waals surface area contributed by atoms with Crippen LogP contribution in [0, 0.1) is 0 Å². The Morgan fingerprint density at radius 2 is 0.517 bits per heavy atom. The van der Waals surface area contributed by atoms with Gasteiger partial charge in [-0.1, -0.05) is 175 Å². The van der Waals surface area contributed by atoms with Gasteiger partial charge in [-0.2, -0.15) is 0 Å². The summed E-state index contributed by atoms with van der Waals surface area (Å²) in [7, 11) is 0. The van der Waals surface area contributed by atoms with Gasteiger partial charge in [0.1, 0.15) is 56.8 Å². The first-order valence-corrected chi connectivity index (χ1v) is 25.9. The minimum atomic E-state index is 0.903. The summed E-state index contributed by atoms with van der Waals surface area (Å²) in [5.74, 6) is 0. The van der Waals surface area contributed by atoms with Crippen LogP contribution in [0.5, 0.6) is 0 Å². The van der Waals surface area contributed by atoms with E-state index in [0.717, 1.165) is 39.3 Å². The van der Waals surface area contributed by atoms with E-state index in [1.807, 2.05) is 0 Å². The highest BCUT2D eigenvalue weighted by Crippen LogP contribution is 2.15. The standard InChI is InChI=1S/C54H93N6/c1-4-7-10-13-16-19-22-25-28-31-34-55-37-40-58(49-55)46-52-43-53(47-59-41-38-56(50-59)35-32-29-26-23-20-17-14-11-8-5-2)45-54(44-52)48-60-42-39-57(51-60)36-33-30-27-24-21-18-15-12-9-6-3/h37-45,49-51H,4-36,46-48H2,1-3H3/q+3. The number of unbranched alkanes of at least 4 members (excludes halogenated alkanes) is 27. The molecule has 0 saturated carbocycles. The van der Waals surface area contributed by atoms with Crippen molar-refractivity contribution in [2.24, 2.45) is 0 Å². The minimum Gasteiger partial charge on any atom is -0.237 e. The summed E-state index contributed by atoms with van der Waals surface area (Å²) < 4.78 is 14.3. The van der Waals surface area contributed by atoms with Gasteiger partial charge in [-0.05, 0) is 73.4 Å². The molecular weight excluding hydrogens is 733 g/mol. The van der Waals surface area contributed by atoms with E-state index in [9.17, 15) is 0 Å². The molecule has 0 aliphatic carbocycles. The average molecular weight is 826 g/mol. The largest absolute Gasteiger partial charge is 0.244 e. The van der Waals surface area contributed by atoms with Crippen LogP contribution in [0.2, 0.25) is 0 Å². The van der Waals surface area contributed by atoms with Gasteiger partial charge in [-0.25, -0.2) is 27.4 Å². The molecule has 0 fully saturated rings. The van der Waals surface area contributed by atoms with E-state index in [4.69, 9.17) is 0 Å². The van der Waals surface area contributed by atoms with Gasteiger partial charge in [0.2, 0.25) is 19.0 Å². The summed E-state index contributed by atoms with van der Waals surface area (Å²) in [6.07, 6.45) is 62.2. The third kappa shape index (κ3) is 22.6. The van der Waals surface area contributed by atoms with Crippen LogP contribution in [0.1, 0.15) is 230 Å². The molecule has 1 aromatic carbocycles.